The number of nitrogens with two attached hydrogens (primary N) is 1. The van der Waals surface area contributed by atoms with Crippen LogP contribution >= 0.6 is 0 Å². The van der Waals surface area contributed by atoms with Crippen molar-refractivity contribution in [1.29, 1.82) is 0 Å². The van der Waals surface area contributed by atoms with E-state index in [4.69, 9.17) is 13.7 Å². The van der Waals surface area contributed by atoms with Gasteiger partial charge in [-0.2, -0.15) is 0 Å². The predicted octanol–water partition coefficient (Wildman–Crippen LogP) is 0.323. The number of likely N-dealkylation sites (N-methyl/N-ethyl adjacent to an activating group) is 1. The summed E-state index contributed by atoms with van der Waals surface area (Å²) in [4.78, 5) is 29.1. The molecule has 0 unspecified atom stereocenters. The van der Waals surface area contributed by atoms with Gasteiger partial charge in [-0.15, -0.1) is 0 Å². The minimum absolute atomic E-state index is 0.411. The third kappa shape index (κ3) is 5.84. The maximum absolute atomic E-state index is 12.0. The summed E-state index contributed by atoms with van der Waals surface area (Å²) in [5, 5.41) is 1.08. The Morgan fingerprint density at radius 2 is 1.89 bits per heavy atom. The number of imide groups is 1. The van der Waals surface area contributed by atoms with Gasteiger partial charge in [0.1, 0.15) is 7.85 Å². The summed E-state index contributed by atoms with van der Waals surface area (Å²) in [5.74, 6) is 5.28. The molecule has 1 aliphatic heterocycles. The van der Waals surface area contributed by atoms with Crippen molar-refractivity contribution in [1.82, 2.24) is 14.8 Å². The zero-order chi connectivity index (χ0) is 19.8. The number of hydrogen-bond donors (Lipinski definition) is 1. The van der Waals surface area contributed by atoms with Crippen molar-refractivity contribution >= 4 is 30.9 Å². The highest BCUT2D eigenvalue weighted by atomic mass is 16.2. The first-order chi connectivity index (χ1) is 12.9. The largest absolute Gasteiger partial charge is 0.369 e. The Labute approximate surface area is 162 Å². The summed E-state index contributed by atoms with van der Waals surface area (Å²) in [6.07, 6.45) is 2.81. The quantitative estimate of drug-likeness (QED) is 0.187. The number of carbonyl (C=O) groups excluding carboxylic acids is 2. The van der Waals surface area contributed by atoms with Crippen molar-refractivity contribution in [2.75, 3.05) is 51.2 Å². The number of para-hydroxylation sites is 1. The zero-order valence-electron chi connectivity index (χ0n) is 16.0. The first-order valence-corrected chi connectivity index (χ1v) is 9.22. The van der Waals surface area contributed by atoms with Gasteiger partial charge in [-0.05, 0) is 31.5 Å². The van der Waals surface area contributed by atoms with Crippen LogP contribution in [0.25, 0.3) is 0 Å². The summed E-state index contributed by atoms with van der Waals surface area (Å²) in [5.41, 5.74) is 1.92. The second-order valence-corrected chi connectivity index (χ2v) is 6.67. The summed E-state index contributed by atoms with van der Waals surface area (Å²) >= 11 is 0. The van der Waals surface area contributed by atoms with Gasteiger partial charge in [0.05, 0.1) is 0 Å². The number of carbonyl (C=O) groups is 2. The van der Waals surface area contributed by atoms with Gasteiger partial charge >= 0.3 is 6.03 Å². The molecule has 0 atom stereocenters. The molecule has 1 aromatic rings. The Kier molecular flexibility index (Phi) is 7.88. The number of piperazine rings is 1. The van der Waals surface area contributed by atoms with Crippen LogP contribution in [-0.4, -0.2) is 80.9 Å². The van der Waals surface area contributed by atoms with Gasteiger partial charge in [0.15, 0.2) is 0 Å². The van der Waals surface area contributed by atoms with Crippen LogP contribution in [0.15, 0.2) is 36.9 Å². The molecule has 0 aliphatic carbocycles. The van der Waals surface area contributed by atoms with E-state index in [1.165, 1.54) is 7.05 Å². The summed E-state index contributed by atoms with van der Waals surface area (Å²) in [7, 11) is 7.45. The van der Waals surface area contributed by atoms with E-state index in [1.807, 2.05) is 18.2 Å². The second-order valence-electron chi connectivity index (χ2n) is 6.67. The van der Waals surface area contributed by atoms with E-state index in [9.17, 15) is 9.59 Å². The fraction of sp³-hybridized carbons (Fsp3) is 0.474. The molecule has 1 fully saturated rings. The number of hydrogen-bond acceptors (Lipinski definition) is 5. The third-order valence-corrected chi connectivity index (χ3v) is 4.81. The highest BCUT2D eigenvalue weighted by Gasteiger charge is 2.20. The fourth-order valence-corrected chi connectivity index (χ4v) is 3.12. The third-order valence-electron chi connectivity index (χ3n) is 4.81. The van der Waals surface area contributed by atoms with Crippen molar-refractivity contribution in [3.05, 3.63) is 36.9 Å². The van der Waals surface area contributed by atoms with Crippen LogP contribution in [0.2, 0.25) is 0 Å². The Morgan fingerprint density at radius 3 is 2.52 bits per heavy atom. The van der Waals surface area contributed by atoms with Crippen LogP contribution < -0.4 is 16.2 Å². The van der Waals surface area contributed by atoms with Crippen molar-refractivity contribution < 1.29 is 9.59 Å². The van der Waals surface area contributed by atoms with E-state index in [-0.39, 0.29) is 0 Å². The predicted molar refractivity (Wildman–Crippen MR) is 109 cm³/mol. The molecule has 0 spiro atoms. The number of unbranched alkanes of at least 4 members (excludes halogenated alkanes) is 1. The summed E-state index contributed by atoms with van der Waals surface area (Å²) in [6, 6.07) is 7.44. The fourth-order valence-electron chi connectivity index (χ4n) is 3.12. The van der Waals surface area contributed by atoms with Crippen molar-refractivity contribution in [3.63, 3.8) is 0 Å². The molecule has 0 saturated carbocycles. The van der Waals surface area contributed by atoms with Crippen LogP contribution in [0.4, 0.5) is 10.5 Å². The number of amides is 3. The molecule has 27 heavy (non-hydrogen) atoms. The Morgan fingerprint density at radius 1 is 1.22 bits per heavy atom. The lowest BCUT2D eigenvalue weighted by atomic mass is 9.93. The lowest BCUT2D eigenvalue weighted by Gasteiger charge is -2.37. The SMILES string of the molecule is [B]c1ccccc1N1CCN(CCCCN(N)C(=O)N(C)C(=O)C=C)CC1. The van der Waals surface area contributed by atoms with E-state index in [0.717, 1.165) is 72.7 Å². The van der Waals surface area contributed by atoms with Crippen molar-refractivity contribution in [2.24, 2.45) is 5.84 Å². The maximum atomic E-state index is 12.0. The zero-order valence-corrected chi connectivity index (χ0v) is 16.0. The van der Waals surface area contributed by atoms with E-state index in [2.05, 4.69) is 22.4 Å². The molecule has 144 valence electrons. The van der Waals surface area contributed by atoms with Gasteiger partial charge in [-0.1, -0.05) is 30.2 Å². The van der Waals surface area contributed by atoms with Crippen molar-refractivity contribution in [3.8, 4) is 0 Å². The smallest absolute Gasteiger partial charge is 0.340 e. The Bertz CT molecular complexity index is 661. The molecule has 2 rings (SSSR count). The van der Waals surface area contributed by atoms with Crippen LogP contribution in [0.1, 0.15) is 12.8 Å². The summed E-state index contributed by atoms with van der Waals surface area (Å²) < 4.78 is 0. The molecule has 2 N–H and O–H groups in total. The second kappa shape index (κ2) is 10.1. The summed E-state index contributed by atoms with van der Waals surface area (Å²) in [6.45, 7) is 8.59. The minimum atomic E-state index is -0.519. The van der Waals surface area contributed by atoms with Crippen LogP contribution in [0.3, 0.4) is 0 Å². The van der Waals surface area contributed by atoms with Crippen LogP contribution in [0, 0.1) is 0 Å². The molecule has 1 aliphatic rings. The molecule has 3 amide bonds. The number of anilines is 1. The lowest BCUT2D eigenvalue weighted by molar-refractivity contribution is -0.122. The van der Waals surface area contributed by atoms with E-state index >= 15 is 0 Å². The van der Waals surface area contributed by atoms with E-state index < -0.39 is 11.9 Å². The number of urea groups is 1. The topological polar surface area (TPSA) is 73.1 Å². The number of hydrazine groups is 1. The number of benzene rings is 1. The minimum Gasteiger partial charge on any atom is -0.369 e. The van der Waals surface area contributed by atoms with Crippen LogP contribution in [-0.2, 0) is 4.79 Å². The Hall–Kier alpha value is -2.32. The molecule has 1 saturated heterocycles. The molecule has 1 heterocycles. The monoisotopic (exact) mass is 369 g/mol. The average molecular weight is 369 g/mol. The van der Waals surface area contributed by atoms with Gasteiger partial charge in [0, 0.05) is 45.5 Å². The van der Waals surface area contributed by atoms with Crippen LogP contribution in [0.5, 0.6) is 0 Å². The molecule has 8 heteroatoms. The van der Waals surface area contributed by atoms with Gasteiger partial charge < -0.3 is 4.90 Å². The molecule has 7 nitrogen and oxygen atoms in total. The molecule has 2 radical (unpaired) electrons. The highest BCUT2D eigenvalue weighted by Crippen LogP contribution is 2.13. The normalized spacial score (nSPS) is 14.7. The van der Waals surface area contributed by atoms with Crippen molar-refractivity contribution in [2.45, 2.75) is 12.8 Å². The van der Waals surface area contributed by atoms with Gasteiger partial charge in [-0.25, -0.2) is 10.6 Å². The average Bonchev–Trinajstić information content (AvgIpc) is 2.70. The molecule has 1 aromatic carbocycles. The molecule has 0 bridgehead atoms. The molecule has 0 aromatic heterocycles. The lowest BCUT2D eigenvalue weighted by Crippen LogP contribution is -2.48. The first kappa shape index (κ1) is 21.0. The van der Waals surface area contributed by atoms with Gasteiger partial charge in [-0.3, -0.25) is 19.6 Å². The standard InChI is InChI=1S/C19H28BN5O2/c1-3-18(26)22(2)19(27)25(21)11-7-6-10-23-12-14-24(15-13-23)17-9-5-4-8-16(17)20/h3-5,8-9H,1,6-7,10-15,21H2,2H3. The Balaban J connectivity index is 1.66. The van der Waals surface area contributed by atoms with Gasteiger partial charge in [0.2, 0.25) is 0 Å². The van der Waals surface area contributed by atoms with E-state index in [1.54, 1.807) is 0 Å². The first-order valence-electron chi connectivity index (χ1n) is 9.22. The van der Waals surface area contributed by atoms with Gasteiger partial charge in [0.25, 0.3) is 5.91 Å². The highest BCUT2D eigenvalue weighted by molar-refractivity contribution is 6.35. The number of rotatable bonds is 7. The van der Waals surface area contributed by atoms with E-state index in [0.29, 0.717) is 6.54 Å². The molecular formula is C19H28BN5O2. The molecular weight excluding hydrogens is 341 g/mol. The maximum Gasteiger partial charge on any atom is 0.340 e. The number of nitrogens with zero attached hydrogens (tertiary/aromatic N) is 4.